The summed E-state index contributed by atoms with van der Waals surface area (Å²) in [5, 5.41) is 10.4. The van der Waals surface area contributed by atoms with Gasteiger partial charge in [-0.1, -0.05) is 30.3 Å². The number of benzene rings is 2. The van der Waals surface area contributed by atoms with Crippen molar-refractivity contribution in [2.24, 2.45) is 0 Å². The molecular weight excluding hydrogens is 496 g/mol. The fraction of sp³-hybridized carbons (Fsp3) is 0.138. The molecule has 1 amide bonds. The minimum absolute atomic E-state index is 0.0797. The van der Waals surface area contributed by atoms with E-state index in [2.05, 4.69) is 32.3 Å². The van der Waals surface area contributed by atoms with Crippen LogP contribution in [0.5, 0.6) is 0 Å². The smallest absolute Gasteiger partial charge is 0.294 e. The van der Waals surface area contributed by atoms with Gasteiger partial charge in [0.2, 0.25) is 5.65 Å². The first-order chi connectivity index (χ1) is 18.6. The number of aryl methyl sites for hydroxylation is 1. The predicted octanol–water partition coefficient (Wildman–Crippen LogP) is 4.79. The molecule has 0 fully saturated rings. The molecule has 1 unspecified atom stereocenters. The minimum atomic E-state index is -0.350. The van der Waals surface area contributed by atoms with Gasteiger partial charge in [-0.3, -0.25) is 19.0 Å². The number of nitrogens with zero attached hydrogens (tertiary/aromatic N) is 5. The number of H-pyrrole nitrogens is 1. The predicted molar refractivity (Wildman–Crippen MR) is 146 cm³/mol. The zero-order valence-electron chi connectivity index (χ0n) is 20.5. The van der Waals surface area contributed by atoms with Crippen LogP contribution in [0.1, 0.15) is 38.7 Å². The lowest BCUT2D eigenvalue weighted by atomic mass is 9.88. The molecular formula is C29H22N6O2S. The lowest BCUT2D eigenvalue weighted by molar-refractivity contribution is 0.0694. The third-order valence-electron chi connectivity index (χ3n) is 7.24. The fourth-order valence-corrected chi connectivity index (χ4v) is 6.15. The fourth-order valence-electron chi connectivity index (χ4n) is 5.46. The van der Waals surface area contributed by atoms with Crippen molar-refractivity contribution in [1.82, 2.24) is 29.5 Å². The number of pyridine rings is 1. The van der Waals surface area contributed by atoms with Crippen molar-refractivity contribution in [1.29, 1.82) is 0 Å². The van der Waals surface area contributed by atoms with Gasteiger partial charge in [0.25, 0.3) is 11.5 Å². The Hall–Kier alpha value is -4.63. The summed E-state index contributed by atoms with van der Waals surface area (Å²) in [4.78, 5) is 37.1. The van der Waals surface area contributed by atoms with E-state index in [0.29, 0.717) is 23.4 Å². The summed E-state index contributed by atoms with van der Waals surface area (Å²) in [5.74, 6) is 0.527. The summed E-state index contributed by atoms with van der Waals surface area (Å²) >= 11 is 1.53. The average Bonchev–Trinajstić information content (AvgIpc) is 3.64. The van der Waals surface area contributed by atoms with Crippen LogP contribution in [-0.4, -0.2) is 41.9 Å². The maximum absolute atomic E-state index is 14.2. The van der Waals surface area contributed by atoms with Gasteiger partial charge in [-0.05, 0) is 71.3 Å². The zero-order chi connectivity index (χ0) is 25.8. The van der Waals surface area contributed by atoms with Crippen LogP contribution in [0.4, 0.5) is 0 Å². The van der Waals surface area contributed by atoms with Crippen LogP contribution in [-0.2, 0) is 6.42 Å². The van der Waals surface area contributed by atoms with Crippen molar-refractivity contribution in [2.45, 2.75) is 19.4 Å². The monoisotopic (exact) mass is 518 g/mol. The van der Waals surface area contributed by atoms with E-state index in [4.69, 9.17) is 0 Å². The van der Waals surface area contributed by atoms with Crippen LogP contribution < -0.4 is 5.56 Å². The van der Waals surface area contributed by atoms with Crippen LogP contribution in [0.3, 0.4) is 0 Å². The molecule has 1 aliphatic rings. The first-order valence-electron chi connectivity index (χ1n) is 12.3. The normalized spacial score (nSPS) is 15.2. The molecule has 0 aliphatic carbocycles. The lowest BCUT2D eigenvalue weighted by Crippen LogP contribution is -2.41. The van der Waals surface area contributed by atoms with E-state index in [0.717, 1.165) is 33.5 Å². The van der Waals surface area contributed by atoms with Gasteiger partial charge in [0.1, 0.15) is 0 Å². The summed E-state index contributed by atoms with van der Waals surface area (Å²) in [7, 11) is 0. The minimum Gasteiger partial charge on any atom is -0.327 e. The van der Waals surface area contributed by atoms with Gasteiger partial charge in [-0.25, -0.2) is 0 Å². The number of rotatable bonds is 3. The van der Waals surface area contributed by atoms with Crippen LogP contribution in [0.25, 0.3) is 27.4 Å². The summed E-state index contributed by atoms with van der Waals surface area (Å²) in [6, 6.07) is 19.6. The maximum atomic E-state index is 14.2. The molecule has 0 saturated carbocycles. The third-order valence-corrected chi connectivity index (χ3v) is 8.10. The number of carbonyl (C=O) groups excluding carboxylic acids is 1. The highest BCUT2D eigenvalue weighted by Gasteiger charge is 2.33. The van der Waals surface area contributed by atoms with Crippen molar-refractivity contribution < 1.29 is 4.79 Å². The van der Waals surface area contributed by atoms with Gasteiger partial charge in [-0.15, -0.1) is 21.5 Å². The Balaban J connectivity index is 1.38. The molecule has 2 aromatic carbocycles. The topological polar surface area (TPSA) is 96.2 Å². The van der Waals surface area contributed by atoms with E-state index in [9.17, 15) is 9.59 Å². The highest BCUT2D eigenvalue weighted by molar-refractivity contribution is 7.13. The standard InChI is InChI=1S/C29H22N6O2S/c1-17-15-23-22(31-28(36)27-33-32-26(35(23)27)24-7-4-14-38-24)16-21(17)29(37)34-13-10-18-5-2-3-6-20(18)25(34)19-8-11-30-12-9-19/h2-9,11-12,14-16,25H,10,13H2,1H3,(H,31,36). The Morgan fingerprint density at radius 2 is 1.89 bits per heavy atom. The summed E-state index contributed by atoms with van der Waals surface area (Å²) in [6.07, 6.45) is 4.30. The van der Waals surface area contributed by atoms with Crippen LogP contribution in [0.2, 0.25) is 0 Å². The van der Waals surface area contributed by atoms with E-state index in [-0.39, 0.29) is 23.2 Å². The second-order valence-corrected chi connectivity index (χ2v) is 10.4. The molecule has 0 bridgehead atoms. The summed E-state index contributed by atoms with van der Waals surface area (Å²) in [6.45, 7) is 2.52. The first kappa shape index (κ1) is 22.6. The molecule has 4 aromatic heterocycles. The SMILES string of the molecule is Cc1cc2c(cc1C(=O)N1CCc3ccccc3C1c1ccncc1)[nH]c(=O)c1nnc(-c3cccs3)n12. The van der Waals surface area contributed by atoms with Gasteiger partial charge < -0.3 is 9.88 Å². The molecule has 1 atom stereocenters. The average molecular weight is 519 g/mol. The molecule has 7 rings (SSSR count). The number of nitrogens with one attached hydrogen (secondary N) is 1. The number of hydrogen-bond acceptors (Lipinski definition) is 6. The number of thiophene rings is 1. The van der Waals surface area contributed by atoms with E-state index in [1.165, 1.54) is 16.9 Å². The van der Waals surface area contributed by atoms with E-state index >= 15 is 0 Å². The van der Waals surface area contributed by atoms with Crippen molar-refractivity contribution in [2.75, 3.05) is 6.54 Å². The molecule has 0 spiro atoms. The number of hydrogen-bond donors (Lipinski definition) is 1. The number of fused-ring (bicyclic) bond motifs is 4. The Kier molecular flexibility index (Phi) is 5.19. The largest absolute Gasteiger partial charge is 0.327 e. The molecule has 38 heavy (non-hydrogen) atoms. The molecule has 0 saturated heterocycles. The van der Waals surface area contributed by atoms with Crippen molar-refractivity contribution in [3.8, 4) is 10.7 Å². The molecule has 6 aromatic rings. The molecule has 8 nitrogen and oxygen atoms in total. The molecule has 1 aliphatic heterocycles. The quantitative estimate of drug-likeness (QED) is 0.363. The number of aromatic nitrogens is 5. The summed E-state index contributed by atoms with van der Waals surface area (Å²) in [5.41, 5.74) is 5.93. The van der Waals surface area contributed by atoms with Crippen molar-refractivity contribution in [3.05, 3.63) is 117 Å². The van der Waals surface area contributed by atoms with Crippen LogP contribution in [0.15, 0.2) is 83.2 Å². The maximum Gasteiger partial charge on any atom is 0.294 e. The molecule has 186 valence electrons. The van der Waals surface area contributed by atoms with Gasteiger partial charge in [-0.2, -0.15) is 0 Å². The van der Waals surface area contributed by atoms with Crippen LogP contribution >= 0.6 is 11.3 Å². The van der Waals surface area contributed by atoms with Gasteiger partial charge >= 0.3 is 0 Å². The lowest BCUT2D eigenvalue weighted by Gasteiger charge is -2.38. The molecule has 5 heterocycles. The van der Waals surface area contributed by atoms with E-state index < -0.39 is 0 Å². The van der Waals surface area contributed by atoms with E-state index in [1.54, 1.807) is 22.9 Å². The molecule has 0 radical (unpaired) electrons. The number of carbonyl (C=O) groups is 1. The third kappa shape index (κ3) is 3.47. The zero-order valence-corrected chi connectivity index (χ0v) is 21.3. The van der Waals surface area contributed by atoms with Gasteiger partial charge in [0.15, 0.2) is 5.82 Å². The Bertz CT molecular complexity index is 1890. The Morgan fingerprint density at radius 3 is 2.71 bits per heavy atom. The number of amides is 1. The number of aromatic amines is 1. The van der Waals surface area contributed by atoms with Gasteiger partial charge in [0, 0.05) is 24.5 Å². The Labute approximate surface area is 221 Å². The highest BCUT2D eigenvalue weighted by Crippen LogP contribution is 2.36. The molecule has 1 N–H and O–H groups in total. The van der Waals surface area contributed by atoms with Crippen molar-refractivity contribution >= 4 is 33.9 Å². The van der Waals surface area contributed by atoms with E-state index in [1.807, 2.05) is 59.7 Å². The first-order valence-corrected chi connectivity index (χ1v) is 13.2. The summed E-state index contributed by atoms with van der Waals surface area (Å²) < 4.78 is 1.78. The highest BCUT2D eigenvalue weighted by atomic mass is 32.1. The van der Waals surface area contributed by atoms with Gasteiger partial charge in [0.05, 0.1) is 22.0 Å². The van der Waals surface area contributed by atoms with Crippen molar-refractivity contribution in [3.63, 3.8) is 0 Å². The van der Waals surface area contributed by atoms with Crippen LogP contribution in [0, 0.1) is 6.92 Å². The Morgan fingerprint density at radius 1 is 1.05 bits per heavy atom. The molecule has 9 heteroatoms. The second kappa shape index (κ2) is 8.74. The second-order valence-electron chi connectivity index (χ2n) is 9.43.